The van der Waals surface area contributed by atoms with Gasteiger partial charge in [-0.25, -0.2) is 4.98 Å². The molecule has 2 aromatic heterocycles. The van der Waals surface area contributed by atoms with Gasteiger partial charge in [0, 0.05) is 29.3 Å². The Labute approximate surface area is 131 Å². The minimum absolute atomic E-state index is 0.169. The molecular weight excluding hydrogens is 304 g/mol. The number of aliphatic imine (C=N–C) groups is 1. The van der Waals surface area contributed by atoms with E-state index in [4.69, 9.17) is 16.2 Å². The Morgan fingerprint density at radius 3 is 3.00 bits per heavy atom. The van der Waals surface area contributed by atoms with Crippen molar-refractivity contribution in [1.82, 2.24) is 4.98 Å². The average Bonchev–Trinajstić information content (AvgIpc) is 3.10. The average molecular weight is 322 g/mol. The number of anilines is 1. The van der Waals surface area contributed by atoms with Crippen LogP contribution in [0.3, 0.4) is 0 Å². The summed E-state index contributed by atoms with van der Waals surface area (Å²) in [4.78, 5) is 10.6. The summed E-state index contributed by atoms with van der Waals surface area (Å²) in [5, 5.41) is 19.4. The lowest BCUT2D eigenvalue weighted by atomic mass is 10.1. The highest BCUT2D eigenvalue weighted by Crippen LogP contribution is 2.31. The van der Waals surface area contributed by atoms with Crippen LogP contribution in [0.4, 0.5) is 5.69 Å². The molecule has 2 heterocycles. The van der Waals surface area contributed by atoms with E-state index in [0.717, 1.165) is 33.2 Å². The second kappa shape index (κ2) is 7.44. The molecule has 112 valence electrons. The first-order valence-electron chi connectivity index (χ1n) is 6.59. The number of nitrogens with zero attached hydrogens (tertiary/aromatic N) is 2. The molecule has 4 N–H and O–H groups in total. The molecule has 0 bridgehead atoms. The van der Waals surface area contributed by atoms with Gasteiger partial charge >= 0.3 is 0 Å². The summed E-state index contributed by atoms with van der Waals surface area (Å²) in [7, 11) is 0. The Hall–Kier alpha value is -1.57. The Kier molecular flexibility index (Phi) is 5.60. The van der Waals surface area contributed by atoms with Gasteiger partial charge in [0.25, 0.3) is 0 Å². The van der Waals surface area contributed by atoms with Gasteiger partial charge in [0.2, 0.25) is 0 Å². The molecule has 0 aromatic carbocycles. The van der Waals surface area contributed by atoms with Gasteiger partial charge in [-0.2, -0.15) is 0 Å². The third-order valence-corrected chi connectivity index (χ3v) is 5.25. The van der Waals surface area contributed by atoms with Crippen LogP contribution in [0, 0.1) is 12.3 Å². The molecule has 0 atom stereocenters. The molecule has 0 radical (unpaired) electrons. The number of nitrogens with two attached hydrogens (primary N) is 1. The number of nitrogen functional groups attached to an aromatic ring is 1. The fourth-order valence-corrected chi connectivity index (χ4v) is 3.70. The molecule has 2 rings (SSSR count). The fourth-order valence-electron chi connectivity index (χ4n) is 1.91. The van der Waals surface area contributed by atoms with Crippen LogP contribution in [0.25, 0.3) is 0 Å². The molecule has 7 heteroatoms. The van der Waals surface area contributed by atoms with E-state index in [1.54, 1.807) is 28.9 Å². The molecule has 0 unspecified atom stereocenters. The Bertz CT molecular complexity index is 632. The summed E-state index contributed by atoms with van der Waals surface area (Å²) < 4.78 is 0. The molecule has 5 nitrogen and oxygen atoms in total. The van der Waals surface area contributed by atoms with Crippen LogP contribution in [-0.2, 0) is 13.0 Å². The van der Waals surface area contributed by atoms with Crippen molar-refractivity contribution < 1.29 is 5.11 Å². The Balaban J connectivity index is 2.25. The highest BCUT2D eigenvalue weighted by atomic mass is 32.1. The van der Waals surface area contributed by atoms with Gasteiger partial charge in [-0.05, 0) is 25.3 Å². The van der Waals surface area contributed by atoms with Crippen molar-refractivity contribution in [2.24, 2.45) is 4.99 Å². The van der Waals surface area contributed by atoms with Crippen LogP contribution in [0.5, 0.6) is 0 Å². The molecule has 21 heavy (non-hydrogen) atoms. The normalized spacial score (nSPS) is 11.8. The molecule has 0 aliphatic carbocycles. The van der Waals surface area contributed by atoms with E-state index in [1.165, 1.54) is 6.21 Å². The lowest BCUT2D eigenvalue weighted by Crippen LogP contribution is -2.04. The van der Waals surface area contributed by atoms with Crippen molar-refractivity contribution in [3.8, 4) is 0 Å². The molecule has 0 fully saturated rings. The van der Waals surface area contributed by atoms with Crippen LogP contribution >= 0.6 is 22.7 Å². The van der Waals surface area contributed by atoms with Gasteiger partial charge in [0.1, 0.15) is 5.01 Å². The summed E-state index contributed by atoms with van der Waals surface area (Å²) in [6, 6.07) is 0. The fraction of sp³-hybridized carbons (Fsp3) is 0.357. The van der Waals surface area contributed by atoms with E-state index in [1.807, 2.05) is 12.3 Å². The number of aliphatic hydroxyl groups excluding tert-OH is 1. The first kappa shape index (κ1) is 15.8. The van der Waals surface area contributed by atoms with Crippen LogP contribution in [0.15, 0.2) is 16.6 Å². The second-order valence-electron chi connectivity index (χ2n) is 4.49. The molecule has 2 aromatic rings. The van der Waals surface area contributed by atoms with E-state index in [9.17, 15) is 0 Å². The maximum atomic E-state index is 8.95. The van der Waals surface area contributed by atoms with Crippen molar-refractivity contribution in [2.75, 3.05) is 12.3 Å². The summed E-state index contributed by atoms with van der Waals surface area (Å²) in [5.74, 6) is 0. The largest absolute Gasteiger partial charge is 0.397 e. The molecule has 0 saturated carbocycles. The number of aryl methyl sites for hydroxylation is 1. The molecule has 0 spiro atoms. The maximum Gasteiger partial charge on any atom is 0.114 e. The number of aliphatic hydroxyl groups is 1. The summed E-state index contributed by atoms with van der Waals surface area (Å²) in [6.07, 6.45) is 4.51. The predicted octanol–water partition coefficient (Wildman–Crippen LogP) is 2.66. The summed E-state index contributed by atoms with van der Waals surface area (Å²) in [6.45, 7) is 2.61. The lowest BCUT2D eigenvalue weighted by molar-refractivity contribution is 0.289. The number of hydrogen-bond acceptors (Lipinski definition) is 7. The number of aromatic nitrogens is 1. The first-order chi connectivity index (χ1) is 10.2. The van der Waals surface area contributed by atoms with Gasteiger partial charge in [-0.15, -0.1) is 22.7 Å². The number of thiophene rings is 1. The molecule has 0 aliphatic heterocycles. The zero-order valence-corrected chi connectivity index (χ0v) is 13.4. The number of nitrogens with one attached hydrogen (secondary N) is 1. The third kappa shape index (κ3) is 3.75. The van der Waals surface area contributed by atoms with Crippen molar-refractivity contribution in [3.63, 3.8) is 0 Å². The number of rotatable bonds is 7. The Morgan fingerprint density at radius 2 is 2.38 bits per heavy atom. The molecule has 0 saturated heterocycles. The van der Waals surface area contributed by atoms with Gasteiger partial charge in [-0.1, -0.05) is 0 Å². The van der Waals surface area contributed by atoms with Crippen LogP contribution in [-0.4, -0.2) is 28.6 Å². The smallest absolute Gasteiger partial charge is 0.114 e. The standard InChI is InChI=1S/C14H18N4OS2/c1-9-11(3-2-5-19)21-14(13(9)16)10(7-15)18-8-12-17-4-6-20-12/h4,6-7,15,19H,2-3,5,8,16H2,1H3. The second-order valence-corrected chi connectivity index (χ2v) is 6.58. The van der Waals surface area contributed by atoms with Crippen molar-refractivity contribution in [2.45, 2.75) is 26.3 Å². The van der Waals surface area contributed by atoms with Gasteiger partial charge in [-0.3, -0.25) is 4.99 Å². The molecule has 0 aliphatic rings. The Morgan fingerprint density at radius 1 is 1.57 bits per heavy atom. The maximum absolute atomic E-state index is 8.95. The highest BCUT2D eigenvalue weighted by molar-refractivity contribution is 7.15. The lowest BCUT2D eigenvalue weighted by Gasteiger charge is -1.99. The zero-order valence-electron chi connectivity index (χ0n) is 11.8. The topological polar surface area (TPSA) is 95.3 Å². The molecule has 0 amide bonds. The van der Waals surface area contributed by atoms with Crippen molar-refractivity contribution in [1.29, 1.82) is 5.41 Å². The summed E-state index contributed by atoms with van der Waals surface area (Å²) in [5.41, 5.74) is 8.46. The van der Waals surface area contributed by atoms with Crippen LogP contribution < -0.4 is 5.73 Å². The first-order valence-corrected chi connectivity index (χ1v) is 8.29. The quantitative estimate of drug-likeness (QED) is 0.684. The van der Waals surface area contributed by atoms with Gasteiger partial charge in [0.05, 0.1) is 22.8 Å². The van der Waals surface area contributed by atoms with Gasteiger partial charge in [0.15, 0.2) is 0 Å². The number of thiazole rings is 1. The van der Waals surface area contributed by atoms with Crippen molar-refractivity contribution >= 4 is 40.3 Å². The van der Waals surface area contributed by atoms with E-state index in [2.05, 4.69) is 9.98 Å². The van der Waals surface area contributed by atoms with Crippen LogP contribution in [0.2, 0.25) is 0 Å². The predicted molar refractivity (Wildman–Crippen MR) is 90.0 cm³/mol. The minimum Gasteiger partial charge on any atom is -0.397 e. The van der Waals surface area contributed by atoms with Crippen molar-refractivity contribution in [3.05, 3.63) is 31.9 Å². The highest BCUT2D eigenvalue weighted by Gasteiger charge is 2.15. The van der Waals surface area contributed by atoms with Crippen LogP contribution in [0.1, 0.15) is 26.7 Å². The molecular formula is C14H18N4OS2. The SMILES string of the molecule is Cc1c(CCCO)sc(C(C=N)=NCc2nccs2)c1N. The minimum atomic E-state index is 0.169. The van der Waals surface area contributed by atoms with E-state index in [-0.39, 0.29) is 6.61 Å². The third-order valence-electron chi connectivity index (χ3n) is 3.09. The zero-order chi connectivity index (χ0) is 15.2. The van der Waals surface area contributed by atoms with E-state index >= 15 is 0 Å². The summed E-state index contributed by atoms with van der Waals surface area (Å²) >= 11 is 3.11. The van der Waals surface area contributed by atoms with Gasteiger partial charge < -0.3 is 16.2 Å². The monoisotopic (exact) mass is 322 g/mol. The number of hydrogen-bond donors (Lipinski definition) is 3. The van der Waals surface area contributed by atoms with E-state index in [0.29, 0.717) is 17.9 Å². The van der Waals surface area contributed by atoms with E-state index < -0.39 is 0 Å².